The lowest BCUT2D eigenvalue weighted by atomic mass is 10.0. The Labute approximate surface area is 391 Å². The van der Waals surface area contributed by atoms with Crippen LogP contribution in [0.25, 0.3) is 56.1 Å². The molecule has 0 spiro atoms. The minimum atomic E-state index is -4.35. The fourth-order valence-electron chi connectivity index (χ4n) is 7.37. The van der Waals surface area contributed by atoms with Crippen molar-refractivity contribution in [3.63, 3.8) is 0 Å². The number of aromatic nitrogens is 8. The Bertz CT molecular complexity index is 3140. The van der Waals surface area contributed by atoms with Crippen molar-refractivity contribution in [1.82, 2.24) is 38.3 Å². The fraction of sp³-hybridized carbons (Fsp3) is 0.300. The zero-order chi connectivity index (χ0) is 49.9. The van der Waals surface area contributed by atoms with Crippen LogP contribution in [0, 0.1) is 0 Å². The monoisotopic (exact) mass is 954 g/mol. The van der Waals surface area contributed by atoms with E-state index in [0.717, 1.165) is 44.8 Å². The molecule has 8 rings (SSSR count). The number of aliphatic hydroxyl groups is 1. The Balaban J connectivity index is 0.000000204. The molecule has 2 N–H and O–H groups in total. The number of aliphatic hydroxyl groups excluding tert-OH is 1. The number of carboxylic acids is 1. The highest BCUT2D eigenvalue weighted by atomic mass is 19.4. The van der Waals surface area contributed by atoms with Crippen LogP contribution in [0.2, 0.25) is 0 Å². The lowest BCUT2D eigenvalue weighted by Gasteiger charge is -2.22. The summed E-state index contributed by atoms with van der Waals surface area (Å²) in [6.45, 7) is 6.88. The van der Waals surface area contributed by atoms with E-state index in [4.69, 9.17) is 0 Å². The molecule has 0 saturated heterocycles. The van der Waals surface area contributed by atoms with Crippen molar-refractivity contribution in [3.05, 3.63) is 133 Å². The van der Waals surface area contributed by atoms with E-state index in [2.05, 4.69) is 20.2 Å². The van der Waals surface area contributed by atoms with Crippen LogP contribution in [0.1, 0.15) is 64.5 Å². The summed E-state index contributed by atoms with van der Waals surface area (Å²) in [6.07, 6.45) is 1.95. The van der Waals surface area contributed by atoms with Crippen LogP contribution in [0.4, 0.5) is 26.3 Å². The van der Waals surface area contributed by atoms with E-state index in [0.29, 0.717) is 22.4 Å². The number of hydrogen-bond donors (Lipinski definition) is 2. The second-order valence-electron chi connectivity index (χ2n) is 17.8. The number of pyridine rings is 2. The number of rotatable bonds is 16. The van der Waals surface area contributed by atoms with Gasteiger partial charge < -0.3 is 10.2 Å². The highest BCUT2D eigenvalue weighted by molar-refractivity contribution is 5.82. The number of hydrogen-bond acceptors (Lipinski definition) is 8. The van der Waals surface area contributed by atoms with Gasteiger partial charge in [0.15, 0.2) is 5.54 Å². The molecule has 0 fully saturated rings. The number of nitrogens with zero attached hydrogens (tertiary/aromatic N) is 8. The van der Waals surface area contributed by atoms with Gasteiger partial charge in [0, 0.05) is 72.7 Å². The average molecular weight is 955 g/mol. The first-order valence-electron chi connectivity index (χ1n) is 21.7. The molecule has 0 atom stereocenters. The predicted molar refractivity (Wildman–Crippen MR) is 245 cm³/mol. The molecule has 0 aliphatic carbocycles. The number of imidazole rings is 2. The van der Waals surface area contributed by atoms with E-state index in [1.54, 1.807) is 79.8 Å². The molecule has 0 radical (unpaired) electrons. The van der Waals surface area contributed by atoms with Crippen LogP contribution < -0.4 is 0 Å². The Hall–Kier alpha value is -7.41. The number of carboxylic acid groups (broad SMARTS) is 1. The van der Waals surface area contributed by atoms with Gasteiger partial charge in [-0.15, -0.1) is 0 Å². The van der Waals surface area contributed by atoms with Gasteiger partial charge in [-0.2, -0.15) is 36.5 Å². The van der Waals surface area contributed by atoms with Gasteiger partial charge in [-0.3, -0.25) is 27.8 Å². The third-order valence-corrected chi connectivity index (χ3v) is 11.6. The summed E-state index contributed by atoms with van der Waals surface area (Å²) in [4.78, 5) is 44.4. The lowest BCUT2D eigenvalue weighted by Crippen LogP contribution is -2.35. The summed E-state index contributed by atoms with van der Waals surface area (Å²) >= 11 is 0. The smallest absolute Gasteiger partial charge is 0.389 e. The van der Waals surface area contributed by atoms with Crippen LogP contribution in [0.3, 0.4) is 0 Å². The molecule has 13 nitrogen and oxygen atoms in total. The minimum absolute atomic E-state index is 0.0379. The summed E-state index contributed by atoms with van der Waals surface area (Å²) in [7, 11) is 0. The first-order valence-corrected chi connectivity index (χ1v) is 21.7. The minimum Gasteiger partial charge on any atom is -0.479 e. The normalized spacial score (nSPS) is 12.3. The molecular formula is C50H48F6N8O5. The number of Topliss-reactive ketones (excluding diaryl/α,β-unsaturated/α-hetero) is 2. The number of halogens is 6. The zero-order valence-corrected chi connectivity index (χ0v) is 38.0. The number of ketones is 2. The largest absolute Gasteiger partial charge is 0.479 e. The summed E-state index contributed by atoms with van der Waals surface area (Å²) in [6, 6.07) is 21.9. The molecule has 0 unspecified atom stereocenters. The molecule has 0 aliphatic rings. The number of benzene rings is 2. The maximum absolute atomic E-state index is 12.4. The second kappa shape index (κ2) is 19.7. The molecule has 19 heteroatoms. The van der Waals surface area contributed by atoms with Crippen molar-refractivity contribution in [1.29, 1.82) is 0 Å². The predicted octanol–water partition coefficient (Wildman–Crippen LogP) is 10.2. The van der Waals surface area contributed by atoms with Gasteiger partial charge in [0.2, 0.25) is 0 Å². The van der Waals surface area contributed by atoms with Crippen LogP contribution >= 0.6 is 0 Å². The first kappa shape index (κ1) is 49.5. The Morgan fingerprint density at radius 2 is 1.00 bits per heavy atom. The van der Waals surface area contributed by atoms with E-state index in [-0.39, 0.29) is 19.4 Å². The summed E-state index contributed by atoms with van der Waals surface area (Å²) in [5.41, 5.74) is 7.50. The molecule has 0 bridgehead atoms. The van der Waals surface area contributed by atoms with E-state index in [9.17, 15) is 50.9 Å². The molecule has 2 aromatic carbocycles. The standard InChI is InChI=1S/C25H23F3N4O3.C25H25F3N4O2/c1-24(2,23(34)35)32-15-19(13-30-32)17-7-9-31-21(14-29-22(31)12-17)18-5-3-4-16(10-18)11-20(33)6-8-25(26,27)28;1-24(2,16-33)32-15-20(13-30-32)18-7-9-31-22(14-29-23(31)12-18)19-5-3-4-17(10-19)11-21(34)6-8-25(26,27)28/h3-5,7,9-10,12-15H,6,8,11H2,1-2H3,(H,34,35);3-5,7,9-10,12-15,33H,6,8,11,16H2,1-2H3. The average Bonchev–Trinajstić information content (AvgIpc) is 4.14. The van der Waals surface area contributed by atoms with Crippen molar-refractivity contribution in [2.24, 2.45) is 0 Å². The zero-order valence-electron chi connectivity index (χ0n) is 38.0. The number of alkyl halides is 6. The SMILES string of the molecule is CC(C)(C(=O)O)n1cc(-c2ccn3c(-c4cccc(CC(=O)CCC(F)(F)F)c4)cnc3c2)cn1.CC(C)(CO)n1cc(-c2ccn3c(-c4cccc(CC(=O)CCC(F)(F)F)c4)cnc3c2)cn1. The van der Waals surface area contributed by atoms with Gasteiger partial charge >= 0.3 is 18.3 Å². The Kier molecular flexibility index (Phi) is 14.1. The number of carbonyl (C=O) groups excluding carboxylic acids is 2. The maximum atomic E-state index is 12.4. The second-order valence-corrected chi connectivity index (χ2v) is 17.8. The topological polar surface area (TPSA) is 162 Å². The number of fused-ring (bicyclic) bond motifs is 2. The summed E-state index contributed by atoms with van der Waals surface area (Å²) in [5, 5.41) is 27.5. The van der Waals surface area contributed by atoms with Crippen molar-refractivity contribution < 1.29 is 50.9 Å². The highest BCUT2D eigenvalue weighted by Gasteiger charge is 2.31. The summed E-state index contributed by atoms with van der Waals surface area (Å²) in [5.74, 6) is -1.90. The van der Waals surface area contributed by atoms with E-state index in [1.807, 2.05) is 83.7 Å². The maximum Gasteiger partial charge on any atom is 0.389 e. The van der Waals surface area contributed by atoms with Gasteiger partial charge in [0.1, 0.15) is 22.9 Å². The fourth-order valence-corrected chi connectivity index (χ4v) is 7.37. The van der Waals surface area contributed by atoms with Crippen molar-refractivity contribution in [3.8, 4) is 44.8 Å². The van der Waals surface area contributed by atoms with Crippen molar-refractivity contribution in [2.75, 3.05) is 6.61 Å². The highest BCUT2D eigenvalue weighted by Crippen LogP contribution is 2.30. The third-order valence-electron chi connectivity index (χ3n) is 11.6. The quantitative estimate of drug-likeness (QED) is 0.0898. The van der Waals surface area contributed by atoms with E-state index < -0.39 is 66.6 Å². The molecule has 6 aromatic heterocycles. The molecule has 0 amide bonds. The molecule has 69 heavy (non-hydrogen) atoms. The van der Waals surface area contributed by atoms with E-state index >= 15 is 0 Å². The first-order chi connectivity index (χ1) is 32.5. The Morgan fingerprint density at radius 1 is 0.565 bits per heavy atom. The number of carbonyl (C=O) groups is 3. The Morgan fingerprint density at radius 3 is 1.42 bits per heavy atom. The van der Waals surface area contributed by atoms with Crippen LogP contribution in [0.5, 0.6) is 0 Å². The molecule has 8 aromatic rings. The van der Waals surface area contributed by atoms with Gasteiger partial charge in [-0.1, -0.05) is 36.4 Å². The third kappa shape index (κ3) is 12.0. The van der Waals surface area contributed by atoms with Gasteiger partial charge in [-0.25, -0.2) is 14.8 Å². The molecule has 0 aliphatic heterocycles. The molecule has 360 valence electrons. The van der Waals surface area contributed by atoms with Crippen LogP contribution in [-0.2, 0) is 38.3 Å². The van der Waals surface area contributed by atoms with Gasteiger partial charge in [0.25, 0.3) is 0 Å². The van der Waals surface area contributed by atoms with E-state index in [1.165, 1.54) is 4.68 Å². The molecular weight excluding hydrogens is 907 g/mol. The van der Waals surface area contributed by atoms with Crippen molar-refractivity contribution >= 4 is 28.8 Å². The lowest BCUT2D eigenvalue weighted by molar-refractivity contribution is -0.146. The molecule has 6 heterocycles. The summed E-state index contributed by atoms with van der Waals surface area (Å²) < 4.78 is 81.2. The van der Waals surface area contributed by atoms with Crippen molar-refractivity contribution in [2.45, 2.75) is 89.7 Å². The van der Waals surface area contributed by atoms with Gasteiger partial charge in [0.05, 0.1) is 61.2 Å². The molecule has 0 saturated carbocycles. The number of aliphatic carboxylic acids is 1. The van der Waals surface area contributed by atoms with Crippen LogP contribution in [-0.4, -0.2) is 85.0 Å². The van der Waals surface area contributed by atoms with Crippen LogP contribution in [0.15, 0.2) is 122 Å². The van der Waals surface area contributed by atoms with Gasteiger partial charge in [-0.05, 0) is 86.3 Å².